The third-order valence-corrected chi connectivity index (χ3v) is 5.53. The van der Waals surface area contributed by atoms with E-state index in [0.29, 0.717) is 17.1 Å². The van der Waals surface area contributed by atoms with Crippen LogP contribution in [0.3, 0.4) is 0 Å². The molecule has 20 heavy (non-hydrogen) atoms. The van der Waals surface area contributed by atoms with E-state index in [1.54, 1.807) is 35.7 Å². The summed E-state index contributed by atoms with van der Waals surface area (Å²) in [5.41, 5.74) is 0.664. The summed E-state index contributed by atoms with van der Waals surface area (Å²) in [6.07, 6.45) is 0. The number of benzene rings is 1. The number of sulfonamides is 1. The van der Waals surface area contributed by atoms with Crippen molar-refractivity contribution in [2.45, 2.75) is 10.8 Å². The average molecular weight is 313 g/mol. The maximum Gasteiger partial charge on any atom is 0.250 e. The maximum atomic E-state index is 12.1. The highest BCUT2D eigenvalue weighted by atomic mass is 32.2. The highest BCUT2D eigenvalue weighted by Crippen LogP contribution is 2.28. The van der Waals surface area contributed by atoms with Crippen LogP contribution in [-0.4, -0.2) is 22.6 Å². The second-order valence-electron chi connectivity index (χ2n) is 3.90. The molecule has 0 spiro atoms. The summed E-state index contributed by atoms with van der Waals surface area (Å²) in [5, 5.41) is 1.72. The minimum Gasteiger partial charge on any atom is -0.496 e. The van der Waals surface area contributed by atoms with Gasteiger partial charge in [-0.15, -0.1) is 11.3 Å². The van der Waals surface area contributed by atoms with Crippen LogP contribution >= 0.6 is 11.3 Å². The van der Waals surface area contributed by atoms with E-state index in [4.69, 9.17) is 9.47 Å². The van der Waals surface area contributed by atoms with Gasteiger partial charge in [0.05, 0.1) is 19.8 Å². The molecule has 0 fully saturated rings. The van der Waals surface area contributed by atoms with Gasteiger partial charge in [-0.05, 0) is 23.6 Å². The van der Waals surface area contributed by atoms with Gasteiger partial charge >= 0.3 is 0 Å². The molecule has 0 bridgehead atoms. The lowest BCUT2D eigenvalue weighted by Crippen LogP contribution is -2.23. The Bertz CT molecular complexity index is 643. The summed E-state index contributed by atoms with van der Waals surface area (Å²) in [6.45, 7) is 0.105. The van der Waals surface area contributed by atoms with Crippen LogP contribution in [0.5, 0.6) is 11.5 Å². The molecule has 2 rings (SSSR count). The number of nitrogens with one attached hydrogen (secondary N) is 1. The molecule has 7 heteroatoms. The lowest BCUT2D eigenvalue weighted by atomic mass is 10.2. The van der Waals surface area contributed by atoms with Gasteiger partial charge in [0.15, 0.2) is 0 Å². The van der Waals surface area contributed by atoms with Gasteiger partial charge in [0.2, 0.25) is 10.0 Å². The Morgan fingerprint density at radius 2 is 1.75 bits per heavy atom. The van der Waals surface area contributed by atoms with Gasteiger partial charge in [-0.25, -0.2) is 13.1 Å². The molecule has 1 N–H and O–H groups in total. The third kappa shape index (κ3) is 3.12. The quantitative estimate of drug-likeness (QED) is 0.888. The van der Waals surface area contributed by atoms with E-state index in [2.05, 4.69) is 4.72 Å². The molecule has 1 aromatic carbocycles. The molecule has 5 nitrogen and oxygen atoms in total. The Hall–Kier alpha value is -1.57. The van der Waals surface area contributed by atoms with Crippen LogP contribution in [0.4, 0.5) is 0 Å². The topological polar surface area (TPSA) is 64.6 Å². The Labute approximate surface area is 122 Å². The van der Waals surface area contributed by atoms with Crippen LogP contribution in [0.1, 0.15) is 5.56 Å². The van der Waals surface area contributed by atoms with Crippen molar-refractivity contribution in [3.8, 4) is 11.5 Å². The van der Waals surface area contributed by atoms with E-state index in [9.17, 15) is 8.42 Å². The van der Waals surface area contributed by atoms with E-state index < -0.39 is 10.0 Å². The second-order valence-corrected chi connectivity index (χ2v) is 6.84. The molecule has 0 saturated carbocycles. The highest BCUT2D eigenvalue weighted by Gasteiger charge is 2.17. The number of ether oxygens (including phenoxy) is 2. The molecule has 1 heterocycles. The summed E-state index contributed by atoms with van der Waals surface area (Å²) >= 11 is 1.17. The van der Waals surface area contributed by atoms with Crippen LogP contribution in [0, 0.1) is 0 Å². The normalized spacial score (nSPS) is 11.3. The highest BCUT2D eigenvalue weighted by molar-refractivity contribution is 7.91. The number of hydrogen-bond acceptors (Lipinski definition) is 5. The zero-order valence-electron chi connectivity index (χ0n) is 11.1. The monoisotopic (exact) mass is 313 g/mol. The van der Waals surface area contributed by atoms with Gasteiger partial charge in [-0.3, -0.25) is 0 Å². The molecule has 108 valence electrons. The van der Waals surface area contributed by atoms with Gasteiger partial charge in [0, 0.05) is 6.54 Å². The van der Waals surface area contributed by atoms with E-state index >= 15 is 0 Å². The number of rotatable bonds is 6. The zero-order chi connectivity index (χ0) is 14.6. The second kappa shape index (κ2) is 6.25. The summed E-state index contributed by atoms with van der Waals surface area (Å²) in [7, 11) is -0.440. The molecule has 0 atom stereocenters. The lowest BCUT2D eigenvalue weighted by Gasteiger charge is -2.13. The van der Waals surface area contributed by atoms with Crippen molar-refractivity contribution in [2.24, 2.45) is 0 Å². The predicted molar refractivity (Wildman–Crippen MR) is 77.9 cm³/mol. The largest absolute Gasteiger partial charge is 0.496 e. The van der Waals surface area contributed by atoms with Crippen LogP contribution in [0.15, 0.2) is 39.9 Å². The van der Waals surface area contributed by atoms with Crippen molar-refractivity contribution in [2.75, 3.05) is 14.2 Å². The van der Waals surface area contributed by atoms with E-state index in [0.717, 1.165) is 0 Å². The average Bonchev–Trinajstić information content (AvgIpc) is 2.99. The standard InChI is InChI=1S/C13H15NO4S2/c1-17-11-5-3-6-12(18-2)10(11)9-14-20(15,16)13-7-4-8-19-13/h3-8,14H,9H2,1-2H3. The smallest absolute Gasteiger partial charge is 0.250 e. The lowest BCUT2D eigenvalue weighted by molar-refractivity contribution is 0.384. The fourth-order valence-electron chi connectivity index (χ4n) is 1.76. The first-order chi connectivity index (χ1) is 9.58. The summed E-state index contributed by atoms with van der Waals surface area (Å²) in [4.78, 5) is 0. The van der Waals surface area contributed by atoms with Crippen molar-refractivity contribution in [3.05, 3.63) is 41.3 Å². The Morgan fingerprint density at radius 3 is 2.25 bits per heavy atom. The molecular weight excluding hydrogens is 298 g/mol. The van der Waals surface area contributed by atoms with Crippen LogP contribution in [0.25, 0.3) is 0 Å². The van der Waals surface area contributed by atoms with Crippen molar-refractivity contribution in [1.82, 2.24) is 4.72 Å². The van der Waals surface area contributed by atoms with Gasteiger partial charge in [-0.2, -0.15) is 0 Å². The SMILES string of the molecule is COc1cccc(OC)c1CNS(=O)(=O)c1cccs1. The van der Waals surface area contributed by atoms with E-state index in [1.165, 1.54) is 25.6 Å². The molecule has 1 aromatic heterocycles. The Kier molecular flexibility index (Phi) is 4.64. The molecule has 0 aliphatic rings. The van der Waals surface area contributed by atoms with Crippen molar-refractivity contribution >= 4 is 21.4 Å². The first-order valence-corrected chi connectivity index (χ1v) is 8.18. The van der Waals surface area contributed by atoms with Crippen molar-refractivity contribution < 1.29 is 17.9 Å². The van der Waals surface area contributed by atoms with Gasteiger partial charge < -0.3 is 9.47 Å². The first kappa shape index (κ1) is 14.8. The zero-order valence-corrected chi connectivity index (χ0v) is 12.8. The molecule has 0 saturated heterocycles. The Balaban J connectivity index is 2.23. The van der Waals surface area contributed by atoms with Gasteiger partial charge in [0.25, 0.3) is 0 Å². The molecule has 2 aromatic rings. The van der Waals surface area contributed by atoms with Crippen molar-refractivity contribution in [1.29, 1.82) is 0 Å². The van der Waals surface area contributed by atoms with Crippen LogP contribution in [-0.2, 0) is 16.6 Å². The maximum absolute atomic E-state index is 12.1. The van der Waals surface area contributed by atoms with Crippen molar-refractivity contribution in [3.63, 3.8) is 0 Å². The summed E-state index contributed by atoms with van der Waals surface area (Å²) in [5.74, 6) is 1.16. The predicted octanol–water partition coefficient (Wildman–Crippen LogP) is 2.24. The first-order valence-electron chi connectivity index (χ1n) is 5.81. The number of thiophene rings is 1. The molecular formula is C13H15NO4S2. The molecule has 0 aliphatic heterocycles. The van der Waals surface area contributed by atoms with Gasteiger partial charge in [0.1, 0.15) is 15.7 Å². The van der Waals surface area contributed by atoms with Crippen LogP contribution in [0.2, 0.25) is 0 Å². The van der Waals surface area contributed by atoms with E-state index in [-0.39, 0.29) is 10.8 Å². The van der Waals surface area contributed by atoms with Crippen LogP contribution < -0.4 is 14.2 Å². The Morgan fingerprint density at radius 1 is 1.10 bits per heavy atom. The summed E-state index contributed by atoms with van der Waals surface area (Å²) < 4.78 is 37.5. The molecule has 0 radical (unpaired) electrons. The number of hydrogen-bond donors (Lipinski definition) is 1. The minimum absolute atomic E-state index is 0.105. The fourth-order valence-corrected chi connectivity index (χ4v) is 3.79. The fraction of sp³-hybridized carbons (Fsp3) is 0.231. The van der Waals surface area contributed by atoms with Gasteiger partial charge in [-0.1, -0.05) is 12.1 Å². The third-order valence-electron chi connectivity index (χ3n) is 2.73. The molecule has 0 aliphatic carbocycles. The molecule has 0 unspecified atom stereocenters. The molecule has 0 amide bonds. The number of methoxy groups -OCH3 is 2. The van der Waals surface area contributed by atoms with E-state index in [1.807, 2.05) is 0 Å². The summed E-state index contributed by atoms with van der Waals surface area (Å²) in [6, 6.07) is 8.57. The minimum atomic E-state index is -3.51.